The van der Waals surface area contributed by atoms with Crippen molar-refractivity contribution in [2.24, 2.45) is 0 Å². The Morgan fingerprint density at radius 1 is 1.18 bits per heavy atom. The van der Waals surface area contributed by atoms with E-state index in [1.807, 2.05) is 26.8 Å². The van der Waals surface area contributed by atoms with Crippen LogP contribution in [0.5, 0.6) is 0 Å². The monoisotopic (exact) mass is 435 g/mol. The summed E-state index contributed by atoms with van der Waals surface area (Å²) in [5.74, 6) is 0.877. The first-order chi connectivity index (χ1) is 13.2. The van der Waals surface area contributed by atoms with Gasteiger partial charge >= 0.3 is 0 Å². The zero-order chi connectivity index (χ0) is 20.3. The number of carbonyl (C=O) groups is 1. The highest BCUT2D eigenvalue weighted by molar-refractivity contribution is 8.00. The number of thioether (sulfide) groups is 1. The molecule has 0 spiro atoms. The van der Waals surface area contributed by atoms with Gasteiger partial charge in [-0.05, 0) is 24.3 Å². The summed E-state index contributed by atoms with van der Waals surface area (Å²) < 4.78 is 1.54. The first kappa shape index (κ1) is 20.6. The van der Waals surface area contributed by atoms with Crippen LogP contribution in [0.2, 0.25) is 10.0 Å². The molecule has 2 aromatic heterocycles. The van der Waals surface area contributed by atoms with Crippen molar-refractivity contribution in [1.82, 2.24) is 19.7 Å². The Balaban J connectivity index is 1.80. The van der Waals surface area contributed by atoms with Gasteiger partial charge in [0.25, 0.3) is 5.95 Å². The van der Waals surface area contributed by atoms with Gasteiger partial charge in [-0.1, -0.05) is 44.0 Å². The SMILES string of the molecule is CC(C)(C)c1cc(NC(=O)CSc2cc(Cl)ccc2Cl)n(-c2ncccn2)n1. The smallest absolute Gasteiger partial charge is 0.252 e. The first-order valence-corrected chi connectivity index (χ1v) is 10.2. The van der Waals surface area contributed by atoms with E-state index in [1.165, 1.54) is 16.4 Å². The maximum Gasteiger partial charge on any atom is 0.252 e. The molecule has 9 heteroatoms. The lowest BCUT2D eigenvalue weighted by Crippen LogP contribution is -2.17. The highest BCUT2D eigenvalue weighted by Crippen LogP contribution is 2.30. The third kappa shape index (κ3) is 5.04. The number of benzene rings is 1. The van der Waals surface area contributed by atoms with Gasteiger partial charge in [0.15, 0.2) is 0 Å². The molecule has 0 aliphatic heterocycles. The molecule has 6 nitrogen and oxygen atoms in total. The molecule has 3 aromatic rings. The molecule has 146 valence electrons. The quantitative estimate of drug-likeness (QED) is 0.570. The lowest BCUT2D eigenvalue weighted by atomic mass is 9.92. The molecule has 1 aromatic carbocycles. The van der Waals surface area contributed by atoms with Crippen LogP contribution in [0.25, 0.3) is 5.95 Å². The van der Waals surface area contributed by atoms with Gasteiger partial charge in [-0.25, -0.2) is 9.97 Å². The summed E-state index contributed by atoms with van der Waals surface area (Å²) in [5.41, 5.74) is 0.628. The van der Waals surface area contributed by atoms with Gasteiger partial charge in [-0.15, -0.1) is 11.8 Å². The van der Waals surface area contributed by atoms with E-state index in [4.69, 9.17) is 23.2 Å². The minimum Gasteiger partial charge on any atom is -0.310 e. The molecule has 0 aliphatic rings. The summed E-state index contributed by atoms with van der Waals surface area (Å²) in [6.45, 7) is 6.15. The molecule has 0 radical (unpaired) electrons. The van der Waals surface area contributed by atoms with E-state index in [0.29, 0.717) is 21.8 Å². The Kier molecular flexibility index (Phi) is 6.27. The van der Waals surface area contributed by atoms with Gasteiger partial charge in [-0.2, -0.15) is 9.78 Å². The maximum absolute atomic E-state index is 12.5. The van der Waals surface area contributed by atoms with Crippen LogP contribution in [-0.2, 0) is 10.2 Å². The van der Waals surface area contributed by atoms with Crippen LogP contribution in [0.15, 0.2) is 47.6 Å². The summed E-state index contributed by atoms with van der Waals surface area (Å²) >= 11 is 13.5. The maximum atomic E-state index is 12.5. The Hall–Kier alpha value is -2.09. The average molecular weight is 436 g/mol. The zero-order valence-electron chi connectivity index (χ0n) is 15.6. The van der Waals surface area contributed by atoms with E-state index in [-0.39, 0.29) is 17.1 Å². The fourth-order valence-electron chi connectivity index (χ4n) is 2.30. The van der Waals surface area contributed by atoms with Gasteiger partial charge in [0.2, 0.25) is 5.91 Å². The number of anilines is 1. The van der Waals surface area contributed by atoms with Crippen molar-refractivity contribution in [3.05, 3.63) is 58.5 Å². The number of hydrogen-bond acceptors (Lipinski definition) is 5. The van der Waals surface area contributed by atoms with Gasteiger partial charge in [0.1, 0.15) is 5.82 Å². The third-order valence-electron chi connectivity index (χ3n) is 3.74. The van der Waals surface area contributed by atoms with E-state index in [0.717, 1.165) is 10.6 Å². The van der Waals surface area contributed by atoms with E-state index < -0.39 is 0 Å². The molecule has 1 amide bonds. The standard InChI is InChI=1S/C19H19Cl2N5OS/c1-19(2,3)15-10-16(26(25-15)18-22-7-4-8-23-18)24-17(27)11-28-14-9-12(20)5-6-13(14)21/h4-10H,11H2,1-3H3,(H,24,27). The molecular weight excluding hydrogens is 417 g/mol. The number of nitrogens with one attached hydrogen (secondary N) is 1. The Morgan fingerprint density at radius 2 is 1.89 bits per heavy atom. The van der Waals surface area contributed by atoms with Gasteiger partial charge in [0.05, 0.1) is 16.5 Å². The van der Waals surface area contributed by atoms with Crippen LogP contribution in [0.1, 0.15) is 26.5 Å². The molecule has 0 bridgehead atoms. The van der Waals surface area contributed by atoms with Crippen LogP contribution < -0.4 is 5.32 Å². The molecule has 0 atom stereocenters. The second kappa shape index (κ2) is 8.51. The van der Waals surface area contributed by atoms with E-state index in [9.17, 15) is 4.79 Å². The van der Waals surface area contributed by atoms with E-state index in [2.05, 4.69) is 20.4 Å². The molecule has 1 N–H and O–H groups in total. The number of aromatic nitrogens is 4. The second-order valence-electron chi connectivity index (χ2n) is 7.04. The number of hydrogen-bond donors (Lipinski definition) is 1. The van der Waals surface area contributed by atoms with Crippen molar-refractivity contribution in [1.29, 1.82) is 0 Å². The lowest BCUT2D eigenvalue weighted by molar-refractivity contribution is -0.113. The number of halogens is 2. The number of carbonyl (C=O) groups excluding carboxylic acids is 1. The summed E-state index contributed by atoms with van der Waals surface area (Å²) in [6.07, 6.45) is 3.26. The summed E-state index contributed by atoms with van der Waals surface area (Å²) in [5, 5.41) is 8.60. The van der Waals surface area contributed by atoms with Gasteiger partial charge in [0, 0.05) is 33.8 Å². The van der Waals surface area contributed by atoms with E-state index >= 15 is 0 Å². The number of amides is 1. The van der Waals surface area contributed by atoms with Crippen molar-refractivity contribution in [2.75, 3.05) is 11.1 Å². The molecule has 0 unspecified atom stereocenters. The number of rotatable bonds is 5. The highest BCUT2D eigenvalue weighted by atomic mass is 35.5. The molecule has 0 aliphatic carbocycles. The van der Waals surface area contributed by atoms with Gasteiger partial charge in [-0.3, -0.25) is 4.79 Å². The predicted octanol–water partition coefficient (Wildman–Crippen LogP) is 5.00. The van der Waals surface area contributed by atoms with Crippen molar-refractivity contribution < 1.29 is 4.79 Å². The van der Waals surface area contributed by atoms with Crippen molar-refractivity contribution in [3.8, 4) is 5.95 Å². The molecule has 0 fully saturated rings. The van der Waals surface area contributed by atoms with Crippen molar-refractivity contribution >= 4 is 46.7 Å². The topological polar surface area (TPSA) is 72.7 Å². The summed E-state index contributed by atoms with van der Waals surface area (Å²) in [7, 11) is 0. The van der Waals surface area contributed by atoms with Crippen molar-refractivity contribution in [3.63, 3.8) is 0 Å². The lowest BCUT2D eigenvalue weighted by Gasteiger charge is -2.13. The molecule has 0 saturated carbocycles. The largest absolute Gasteiger partial charge is 0.310 e. The Morgan fingerprint density at radius 3 is 2.57 bits per heavy atom. The highest BCUT2D eigenvalue weighted by Gasteiger charge is 2.22. The Bertz CT molecular complexity index is 986. The average Bonchev–Trinajstić information content (AvgIpc) is 3.07. The summed E-state index contributed by atoms with van der Waals surface area (Å²) in [6, 6.07) is 8.72. The van der Waals surface area contributed by atoms with Crippen LogP contribution in [0.4, 0.5) is 5.82 Å². The minimum absolute atomic E-state index is 0.172. The minimum atomic E-state index is -0.196. The van der Waals surface area contributed by atoms with Crippen molar-refractivity contribution in [2.45, 2.75) is 31.1 Å². The fourth-order valence-corrected chi connectivity index (χ4v) is 3.59. The molecule has 2 heterocycles. The summed E-state index contributed by atoms with van der Waals surface area (Å²) in [4.78, 5) is 21.7. The molecule has 0 saturated heterocycles. The normalized spacial score (nSPS) is 11.5. The van der Waals surface area contributed by atoms with Crippen LogP contribution >= 0.6 is 35.0 Å². The first-order valence-electron chi connectivity index (χ1n) is 8.49. The molecular formula is C19H19Cl2N5OS. The predicted molar refractivity (Wildman–Crippen MR) is 114 cm³/mol. The Labute approximate surface area is 177 Å². The molecule has 3 rings (SSSR count). The van der Waals surface area contributed by atoms with Crippen LogP contribution in [0, 0.1) is 0 Å². The van der Waals surface area contributed by atoms with Crippen LogP contribution in [-0.4, -0.2) is 31.4 Å². The van der Waals surface area contributed by atoms with Crippen LogP contribution in [0.3, 0.4) is 0 Å². The number of nitrogens with zero attached hydrogens (tertiary/aromatic N) is 4. The third-order valence-corrected chi connectivity index (χ3v) is 5.47. The molecule has 28 heavy (non-hydrogen) atoms. The second-order valence-corrected chi connectivity index (χ2v) is 8.90. The van der Waals surface area contributed by atoms with E-state index in [1.54, 1.807) is 36.7 Å². The zero-order valence-corrected chi connectivity index (χ0v) is 17.9. The fraction of sp³-hybridized carbons (Fsp3) is 0.263. The van der Waals surface area contributed by atoms with Gasteiger partial charge < -0.3 is 5.32 Å².